The Kier molecular flexibility index (Phi) is 6.06. The molecule has 1 heterocycles. The lowest BCUT2D eigenvalue weighted by Gasteiger charge is -2.01. The molecule has 7 heteroatoms. The van der Waals surface area contributed by atoms with Crippen molar-refractivity contribution in [3.8, 4) is 16.9 Å². The highest BCUT2D eigenvalue weighted by Gasteiger charge is 2.10. The molecule has 1 amide bonds. The van der Waals surface area contributed by atoms with E-state index in [2.05, 4.69) is 10.4 Å². The summed E-state index contributed by atoms with van der Waals surface area (Å²) in [6, 6.07) is 19.4. The number of hydrogen-bond donors (Lipinski definition) is 1. The molecule has 0 aliphatic heterocycles. The van der Waals surface area contributed by atoms with E-state index in [1.807, 2.05) is 66.9 Å². The van der Waals surface area contributed by atoms with Gasteiger partial charge in [0.1, 0.15) is 9.84 Å². The highest BCUT2D eigenvalue weighted by Crippen LogP contribution is 2.24. The van der Waals surface area contributed by atoms with Crippen LogP contribution in [0.15, 0.2) is 72.9 Å². The van der Waals surface area contributed by atoms with Crippen molar-refractivity contribution >= 4 is 21.8 Å². The minimum atomic E-state index is -3.11. The highest BCUT2D eigenvalue weighted by molar-refractivity contribution is 7.90. The zero-order chi connectivity index (χ0) is 20.0. The number of amides is 1. The summed E-state index contributed by atoms with van der Waals surface area (Å²) in [5, 5.41) is 7.25. The molecule has 1 N–H and O–H groups in total. The summed E-state index contributed by atoms with van der Waals surface area (Å²) in [7, 11) is -3.11. The first-order valence-corrected chi connectivity index (χ1v) is 10.8. The first kappa shape index (κ1) is 19.6. The summed E-state index contributed by atoms with van der Waals surface area (Å²) < 4.78 is 24.1. The van der Waals surface area contributed by atoms with Gasteiger partial charge in [-0.2, -0.15) is 5.10 Å². The molecule has 0 aliphatic rings. The number of aromatic nitrogens is 2. The summed E-state index contributed by atoms with van der Waals surface area (Å²) in [6.45, 7) is 0.0802. The van der Waals surface area contributed by atoms with E-state index < -0.39 is 9.84 Å². The molecule has 0 fully saturated rings. The molecule has 6 nitrogen and oxygen atoms in total. The lowest BCUT2D eigenvalue weighted by Crippen LogP contribution is -2.27. The van der Waals surface area contributed by atoms with Crippen molar-refractivity contribution in [2.45, 2.75) is 0 Å². The Bertz CT molecular complexity index is 1070. The molecule has 0 spiro atoms. The Morgan fingerprint density at radius 3 is 2.36 bits per heavy atom. The molecule has 3 rings (SSSR count). The van der Waals surface area contributed by atoms with Gasteiger partial charge in [0.05, 0.1) is 17.1 Å². The van der Waals surface area contributed by atoms with Crippen LogP contribution < -0.4 is 5.32 Å². The van der Waals surface area contributed by atoms with Crippen LogP contribution in [-0.2, 0) is 14.6 Å². The van der Waals surface area contributed by atoms with E-state index in [4.69, 9.17) is 0 Å². The largest absolute Gasteiger partial charge is 0.352 e. The number of carbonyl (C=O) groups is 1. The van der Waals surface area contributed by atoms with E-state index in [9.17, 15) is 13.2 Å². The van der Waals surface area contributed by atoms with Crippen molar-refractivity contribution < 1.29 is 13.2 Å². The minimum Gasteiger partial charge on any atom is -0.352 e. The predicted octanol–water partition coefficient (Wildman–Crippen LogP) is 2.71. The molecule has 0 radical (unpaired) electrons. The van der Waals surface area contributed by atoms with Crippen molar-refractivity contribution in [1.82, 2.24) is 15.1 Å². The molecular weight excluding hydrogens is 374 g/mol. The third kappa shape index (κ3) is 5.40. The number of benzene rings is 2. The van der Waals surface area contributed by atoms with E-state index in [1.165, 1.54) is 6.08 Å². The second kappa shape index (κ2) is 8.67. The quantitative estimate of drug-likeness (QED) is 0.624. The molecular formula is C21H21N3O3S. The van der Waals surface area contributed by atoms with Crippen LogP contribution in [0.3, 0.4) is 0 Å². The average molecular weight is 395 g/mol. The lowest BCUT2D eigenvalue weighted by molar-refractivity contribution is -0.116. The van der Waals surface area contributed by atoms with Crippen LogP contribution >= 0.6 is 0 Å². The molecule has 2 aromatic carbocycles. The van der Waals surface area contributed by atoms with Gasteiger partial charge in [0.2, 0.25) is 5.91 Å². The summed E-state index contributed by atoms with van der Waals surface area (Å²) >= 11 is 0. The minimum absolute atomic E-state index is 0.0802. The average Bonchev–Trinajstić information content (AvgIpc) is 3.11. The summed E-state index contributed by atoms with van der Waals surface area (Å²) in [5.74, 6) is -0.441. The number of para-hydroxylation sites is 1. The molecule has 1 aromatic heterocycles. The van der Waals surface area contributed by atoms with Crippen molar-refractivity contribution in [3.63, 3.8) is 0 Å². The lowest BCUT2D eigenvalue weighted by atomic mass is 10.1. The van der Waals surface area contributed by atoms with Gasteiger partial charge in [0.15, 0.2) is 0 Å². The number of hydrogen-bond acceptors (Lipinski definition) is 4. The maximum Gasteiger partial charge on any atom is 0.244 e. The van der Waals surface area contributed by atoms with Crippen LogP contribution in [-0.4, -0.2) is 42.7 Å². The number of nitrogens with zero attached hydrogens (tertiary/aromatic N) is 2. The Hall–Kier alpha value is -3.19. The van der Waals surface area contributed by atoms with Gasteiger partial charge in [0, 0.05) is 36.2 Å². The van der Waals surface area contributed by atoms with Crippen molar-refractivity contribution in [1.29, 1.82) is 0 Å². The van der Waals surface area contributed by atoms with Gasteiger partial charge in [-0.15, -0.1) is 0 Å². The summed E-state index contributed by atoms with van der Waals surface area (Å²) in [5.41, 5.74) is 3.39. The van der Waals surface area contributed by atoms with Crippen molar-refractivity contribution in [3.05, 3.63) is 78.5 Å². The van der Waals surface area contributed by atoms with E-state index in [-0.39, 0.29) is 18.2 Å². The second-order valence-corrected chi connectivity index (χ2v) is 8.59. The number of carbonyl (C=O) groups excluding carboxylic acids is 1. The molecule has 0 saturated carbocycles. The van der Waals surface area contributed by atoms with E-state index >= 15 is 0 Å². The van der Waals surface area contributed by atoms with E-state index in [0.717, 1.165) is 28.8 Å². The fourth-order valence-electron chi connectivity index (χ4n) is 2.63. The molecule has 0 saturated heterocycles. The van der Waals surface area contributed by atoms with Gasteiger partial charge in [-0.05, 0) is 18.2 Å². The van der Waals surface area contributed by atoms with Crippen molar-refractivity contribution in [2.24, 2.45) is 0 Å². The Labute approximate surface area is 164 Å². The SMILES string of the molecule is CS(=O)(=O)CCNC(=O)/C=C/c1cn(-c2ccccc2)nc1-c1ccccc1. The number of rotatable bonds is 7. The summed E-state index contributed by atoms with van der Waals surface area (Å²) in [6.07, 6.45) is 6.07. The Balaban J connectivity index is 1.84. The van der Waals surface area contributed by atoms with E-state index in [0.29, 0.717) is 0 Å². The van der Waals surface area contributed by atoms with E-state index in [1.54, 1.807) is 10.8 Å². The van der Waals surface area contributed by atoms with Crippen LogP contribution in [0, 0.1) is 0 Å². The number of nitrogens with one attached hydrogen (secondary N) is 1. The third-order valence-electron chi connectivity index (χ3n) is 4.00. The van der Waals surface area contributed by atoms with Gasteiger partial charge in [-0.1, -0.05) is 48.5 Å². The van der Waals surface area contributed by atoms with Gasteiger partial charge in [0.25, 0.3) is 0 Å². The van der Waals surface area contributed by atoms with Crippen LogP contribution in [0.25, 0.3) is 23.0 Å². The zero-order valence-corrected chi connectivity index (χ0v) is 16.3. The Morgan fingerprint density at radius 1 is 1.07 bits per heavy atom. The van der Waals surface area contributed by atoms with Crippen LogP contribution in [0.5, 0.6) is 0 Å². The smallest absolute Gasteiger partial charge is 0.244 e. The summed E-state index contributed by atoms with van der Waals surface area (Å²) in [4.78, 5) is 12.0. The topological polar surface area (TPSA) is 81.1 Å². The molecule has 0 aliphatic carbocycles. The molecule has 3 aromatic rings. The predicted molar refractivity (Wildman–Crippen MR) is 111 cm³/mol. The van der Waals surface area contributed by atoms with Crippen LogP contribution in [0.4, 0.5) is 0 Å². The maximum atomic E-state index is 12.0. The van der Waals surface area contributed by atoms with Gasteiger partial charge in [-0.25, -0.2) is 13.1 Å². The molecule has 0 unspecified atom stereocenters. The van der Waals surface area contributed by atoms with Crippen molar-refractivity contribution in [2.75, 3.05) is 18.6 Å². The van der Waals surface area contributed by atoms with Gasteiger partial charge >= 0.3 is 0 Å². The van der Waals surface area contributed by atoms with Gasteiger partial charge < -0.3 is 5.32 Å². The normalized spacial score (nSPS) is 11.6. The Morgan fingerprint density at radius 2 is 1.71 bits per heavy atom. The fourth-order valence-corrected chi connectivity index (χ4v) is 3.10. The fraction of sp³-hybridized carbons (Fsp3) is 0.143. The molecule has 0 bridgehead atoms. The molecule has 144 valence electrons. The number of sulfone groups is 1. The first-order valence-electron chi connectivity index (χ1n) is 8.76. The zero-order valence-electron chi connectivity index (χ0n) is 15.4. The third-order valence-corrected chi connectivity index (χ3v) is 4.94. The van der Waals surface area contributed by atoms with Crippen LogP contribution in [0.1, 0.15) is 5.56 Å². The maximum absolute atomic E-state index is 12.0. The molecule has 28 heavy (non-hydrogen) atoms. The molecule has 0 atom stereocenters. The van der Waals surface area contributed by atoms with Gasteiger partial charge in [-0.3, -0.25) is 4.79 Å². The standard InChI is InChI=1S/C21H21N3O3S/c1-28(26,27)15-14-22-20(25)13-12-18-16-24(19-10-6-3-7-11-19)23-21(18)17-8-4-2-5-9-17/h2-13,16H,14-15H2,1H3,(H,22,25)/b13-12+. The highest BCUT2D eigenvalue weighted by atomic mass is 32.2. The van der Waals surface area contributed by atoms with Crippen LogP contribution in [0.2, 0.25) is 0 Å². The second-order valence-electron chi connectivity index (χ2n) is 6.33. The first-order chi connectivity index (χ1) is 13.4. The monoisotopic (exact) mass is 395 g/mol.